The molecule has 0 bridgehead atoms. The number of nitrogens with zero attached hydrogens (tertiary/aromatic N) is 1. The number of halogens is 1. The summed E-state index contributed by atoms with van der Waals surface area (Å²) >= 11 is 6.08. The molecule has 1 heterocycles. The lowest BCUT2D eigenvalue weighted by Gasteiger charge is -2.21. The summed E-state index contributed by atoms with van der Waals surface area (Å²) in [6, 6.07) is 3.56. The second-order valence-corrected chi connectivity index (χ2v) is 8.09. The van der Waals surface area contributed by atoms with Gasteiger partial charge in [0.25, 0.3) is 0 Å². The van der Waals surface area contributed by atoms with Crippen LogP contribution in [0.1, 0.15) is 90.2 Å². The number of aliphatic hydroxyl groups is 2. The third-order valence-electron chi connectivity index (χ3n) is 5.20. The summed E-state index contributed by atoms with van der Waals surface area (Å²) in [4.78, 5) is 4.20. The van der Waals surface area contributed by atoms with Gasteiger partial charge in [-0.2, -0.15) is 0 Å². The summed E-state index contributed by atoms with van der Waals surface area (Å²) in [6.45, 7) is 4.33. The van der Waals surface area contributed by atoms with E-state index in [-0.39, 0.29) is 5.92 Å². The molecular formula is C22H38ClNO2. The molecule has 0 saturated carbocycles. The Bertz CT molecular complexity index is 469. The topological polar surface area (TPSA) is 53.4 Å². The molecule has 0 amide bonds. The molecule has 150 valence electrons. The van der Waals surface area contributed by atoms with Crippen LogP contribution in [0.3, 0.4) is 0 Å². The van der Waals surface area contributed by atoms with Crippen molar-refractivity contribution >= 4 is 11.6 Å². The summed E-state index contributed by atoms with van der Waals surface area (Å²) < 4.78 is 0. The molecule has 1 aromatic heterocycles. The monoisotopic (exact) mass is 383 g/mol. The van der Waals surface area contributed by atoms with Crippen LogP contribution in [0.2, 0.25) is 5.02 Å². The number of pyridine rings is 1. The van der Waals surface area contributed by atoms with Crippen LogP contribution in [0.4, 0.5) is 0 Å². The maximum absolute atomic E-state index is 10.3. The Morgan fingerprint density at radius 3 is 2.23 bits per heavy atom. The lowest BCUT2D eigenvalue weighted by Crippen LogP contribution is -2.25. The van der Waals surface area contributed by atoms with Gasteiger partial charge in [0, 0.05) is 12.6 Å². The van der Waals surface area contributed by atoms with Crippen molar-refractivity contribution in [2.24, 2.45) is 5.92 Å². The first kappa shape index (κ1) is 23.4. The van der Waals surface area contributed by atoms with E-state index >= 15 is 0 Å². The second-order valence-electron chi connectivity index (χ2n) is 7.69. The molecule has 3 atom stereocenters. The highest BCUT2D eigenvalue weighted by Crippen LogP contribution is 2.21. The van der Waals surface area contributed by atoms with Gasteiger partial charge < -0.3 is 10.2 Å². The van der Waals surface area contributed by atoms with E-state index in [0.717, 1.165) is 12.8 Å². The minimum absolute atomic E-state index is 0.216. The van der Waals surface area contributed by atoms with Gasteiger partial charge in [-0.15, -0.1) is 0 Å². The van der Waals surface area contributed by atoms with E-state index in [9.17, 15) is 10.2 Å². The Kier molecular flexibility index (Phi) is 13.0. The lowest BCUT2D eigenvalue weighted by atomic mass is 9.92. The highest BCUT2D eigenvalue weighted by atomic mass is 35.5. The maximum Gasteiger partial charge on any atom is 0.0622 e. The third-order valence-corrected chi connectivity index (χ3v) is 5.54. The van der Waals surface area contributed by atoms with Crippen molar-refractivity contribution in [3.63, 3.8) is 0 Å². The molecule has 0 aliphatic heterocycles. The normalized spacial score (nSPS) is 15.0. The molecule has 0 fully saturated rings. The Hall–Kier alpha value is -0.640. The van der Waals surface area contributed by atoms with Crippen LogP contribution >= 0.6 is 11.6 Å². The lowest BCUT2D eigenvalue weighted by molar-refractivity contribution is 0.0452. The van der Waals surface area contributed by atoms with Crippen molar-refractivity contribution in [2.45, 2.75) is 103 Å². The van der Waals surface area contributed by atoms with Crippen LogP contribution in [-0.4, -0.2) is 27.4 Å². The van der Waals surface area contributed by atoms with Gasteiger partial charge in [0.1, 0.15) is 0 Å². The van der Waals surface area contributed by atoms with Crippen molar-refractivity contribution in [1.82, 2.24) is 4.98 Å². The number of rotatable bonds is 15. The van der Waals surface area contributed by atoms with Gasteiger partial charge in [0.15, 0.2) is 0 Å². The van der Waals surface area contributed by atoms with E-state index in [1.54, 1.807) is 18.3 Å². The zero-order chi connectivity index (χ0) is 19.2. The fourth-order valence-corrected chi connectivity index (χ4v) is 3.55. The molecule has 1 rings (SSSR count). The first-order chi connectivity index (χ1) is 12.5. The van der Waals surface area contributed by atoms with Crippen molar-refractivity contribution in [1.29, 1.82) is 0 Å². The number of aliphatic hydroxyl groups excluding tert-OH is 2. The molecule has 2 N–H and O–H groups in total. The van der Waals surface area contributed by atoms with Crippen LogP contribution in [0, 0.1) is 5.92 Å². The van der Waals surface area contributed by atoms with E-state index in [1.165, 1.54) is 51.4 Å². The minimum atomic E-state index is -0.608. The van der Waals surface area contributed by atoms with E-state index < -0.39 is 12.2 Å². The summed E-state index contributed by atoms with van der Waals surface area (Å²) in [6.07, 6.45) is 14.2. The van der Waals surface area contributed by atoms with Crippen molar-refractivity contribution in [2.75, 3.05) is 0 Å². The van der Waals surface area contributed by atoms with Gasteiger partial charge in [0.05, 0.1) is 22.9 Å². The van der Waals surface area contributed by atoms with Gasteiger partial charge >= 0.3 is 0 Å². The third kappa shape index (κ3) is 10.5. The van der Waals surface area contributed by atoms with Gasteiger partial charge in [-0.3, -0.25) is 4.98 Å². The fourth-order valence-electron chi connectivity index (χ4n) is 3.36. The Morgan fingerprint density at radius 2 is 1.62 bits per heavy atom. The molecule has 0 aliphatic carbocycles. The number of hydrogen-bond acceptors (Lipinski definition) is 3. The summed E-state index contributed by atoms with van der Waals surface area (Å²) in [5.41, 5.74) is 0.695. The van der Waals surface area contributed by atoms with E-state index in [4.69, 9.17) is 11.6 Å². The highest BCUT2D eigenvalue weighted by molar-refractivity contribution is 6.31. The van der Waals surface area contributed by atoms with Crippen LogP contribution < -0.4 is 0 Å². The quantitative estimate of drug-likeness (QED) is 0.368. The largest absolute Gasteiger partial charge is 0.393 e. The molecule has 0 saturated heterocycles. The molecule has 0 spiro atoms. The summed E-state index contributed by atoms with van der Waals surface area (Å²) in [5.74, 6) is 0.216. The van der Waals surface area contributed by atoms with Crippen LogP contribution in [0.25, 0.3) is 0 Å². The standard InChI is InChI=1S/C22H38ClNO2/c1-3-4-5-6-7-8-9-10-11-13-18(2)22(26)17-19(25)16-21-20(23)14-12-15-24-21/h12,14-15,18-19,22,25-26H,3-11,13,16-17H2,1-2H3. The summed E-state index contributed by atoms with van der Waals surface area (Å²) in [5, 5.41) is 21.1. The molecule has 3 nitrogen and oxygen atoms in total. The van der Waals surface area contributed by atoms with Crippen molar-refractivity contribution < 1.29 is 10.2 Å². The molecule has 1 aromatic rings. The molecule has 26 heavy (non-hydrogen) atoms. The average Bonchev–Trinajstić information content (AvgIpc) is 2.62. The first-order valence-electron chi connectivity index (χ1n) is 10.5. The molecule has 0 aromatic carbocycles. The minimum Gasteiger partial charge on any atom is -0.393 e. The SMILES string of the molecule is CCCCCCCCCCCC(C)C(O)CC(O)Cc1ncccc1Cl. The number of hydrogen-bond donors (Lipinski definition) is 2. The first-order valence-corrected chi connectivity index (χ1v) is 10.9. The highest BCUT2D eigenvalue weighted by Gasteiger charge is 2.19. The van der Waals surface area contributed by atoms with Gasteiger partial charge in [0.2, 0.25) is 0 Å². The zero-order valence-electron chi connectivity index (χ0n) is 16.7. The van der Waals surface area contributed by atoms with Crippen molar-refractivity contribution in [3.8, 4) is 0 Å². The van der Waals surface area contributed by atoms with Gasteiger partial charge in [-0.1, -0.05) is 83.2 Å². The van der Waals surface area contributed by atoms with Crippen LogP contribution in [0.5, 0.6) is 0 Å². The zero-order valence-corrected chi connectivity index (χ0v) is 17.4. The molecule has 0 radical (unpaired) electrons. The Morgan fingerprint density at radius 1 is 1.00 bits per heavy atom. The van der Waals surface area contributed by atoms with Crippen LogP contribution in [-0.2, 0) is 6.42 Å². The van der Waals surface area contributed by atoms with Crippen LogP contribution in [0.15, 0.2) is 18.3 Å². The summed E-state index contributed by atoms with van der Waals surface area (Å²) in [7, 11) is 0. The maximum atomic E-state index is 10.3. The van der Waals surface area contributed by atoms with Crippen molar-refractivity contribution in [3.05, 3.63) is 29.0 Å². The van der Waals surface area contributed by atoms with E-state index in [2.05, 4.69) is 18.8 Å². The van der Waals surface area contributed by atoms with Gasteiger partial charge in [-0.25, -0.2) is 0 Å². The second kappa shape index (κ2) is 14.4. The molecule has 3 unspecified atom stereocenters. The van der Waals surface area contributed by atoms with Gasteiger partial charge in [-0.05, 0) is 30.9 Å². The average molecular weight is 384 g/mol. The molecule has 0 aliphatic rings. The number of unbranched alkanes of at least 4 members (excludes halogenated alkanes) is 8. The molecule has 4 heteroatoms. The van der Waals surface area contributed by atoms with E-state index in [0.29, 0.717) is 23.6 Å². The predicted octanol–water partition coefficient (Wildman–Crippen LogP) is 5.95. The predicted molar refractivity (Wildman–Crippen MR) is 111 cm³/mol. The Labute approximate surface area is 165 Å². The number of aromatic nitrogens is 1. The molecular weight excluding hydrogens is 346 g/mol. The Balaban J connectivity index is 2.10. The smallest absolute Gasteiger partial charge is 0.0622 e. The fraction of sp³-hybridized carbons (Fsp3) is 0.773. The van der Waals surface area contributed by atoms with E-state index in [1.807, 2.05) is 0 Å².